The van der Waals surface area contributed by atoms with Crippen LogP contribution in [0.1, 0.15) is 48.2 Å². The van der Waals surface area contributed by atoms with Gasteiger partial charge in [0.1, 0.15) is 10.6 Å². The number of anilines is 1. The molecule has 1 fully saturated rings. The SMILES string of the molecule is COC(=O)c1c(C)nsc1NC(=O)N(C)C1CCCCC1. The van der Waals surface area contributed by atoms with Crippen molar-refractivity contribution >= 4 is 28.5 Å². The van der Waals surface area contributed by atoms with Crippen LogP contribution in [-0.2, 0) is 4.74 Å². The van der Waals surface area contributed by atoms with Gasteiger partial charge in [0, 0.05) is 13.1 Å². The summed E-state index contributed by atoms with van der Waals surface area (Å²) < 4.78 is 8.86. The van der Waals surface area contributed by atoms with E-state index in [0.717, 1.165) is 37.2 Å². The highest BCUT2D eigenvalue weighted by Crippen LogP contribution is 2.27. The zero-order valence-electron chi connectivity index (χ0n) is 12.6. The highest BCUT2D eigenvalue weighted by atomic mass is 32.1. The lowest BCUT2D eigenvalue weighted by atomic mass is 9.95. The predicted molar refractivity (Wildman–Crippen MR) is 81.8 cm³/mol. The Kier molecular flexibility index (Phi) is 5.17. The third-order valence-corrected chi connectivity index (χ3v) is 4.77. The van der Waals surface area contributed by atoms with E-state index in [-0.39, 0.29) is 12.1 Å². The first-order chi connectivity index (χ1) is 10.0. The van der Waals surface area contributed by atoms with Gasteiger partial charge >= 0.3 is 12.0 Å². The Balaban J connectivity index is 2.07. The molecular formula is C14H21N3O3S. The number of methoxy groups -OCH3 is 1. The number of urea groups is 1. The highest BCUT2D eigenvalue weighted by Gasteiger charge is 2.25. The maximum Gasteiger partial charge on any atom is 0.342 e. The third-order valence-electron chi connectivity index (χ3n) is 3.92. The van der Waals surface area contributed by atoms with Crippen molar-refractivity contribution in [3.8, 4) is 0 Å². The van der Waals surface area contributed by atoms with Crippen molar-refractivity contribution in [2.24, 2.45) is 0 Å². The van der Waals surface area contributed by atoms with Crippen molar-refractivity contribution in [3.63, 3.8) is 0 Å². The van der Waals surface area contributed by atoms with Gasteiger partial charge in [-0.15, -0.1) is 0 Å². The first kappa shape index (κ1) is 15.8. The number of nitrogens with zero attached hydrogens (tertiary/aromatic N) is 2. The molecule has 1 heterocycles. The Hall–Kier alpha value is -1.63. The first-order valence-corrected chi connectivity index (χ1v) is 7.90. The Labute approximate surface area is 128 Å². The molecule has 21 heavy (non-hydrogen) atoms. The molecule has 1 saturated carbocycles. The quantitative estimate of drug-likeness (QED) is 0.871. The molecular weight excluding hydrogens is 290 g/mol. The molecule has 1 aliphatic carbocycles. The van der Waals surface area contributed by atoms with Crippen molar-refractivity contribution in [2.75, 3.05) is 19.5 Å². The van der Waals surface area contributed by atoms with Gasteiger partial charge in [-0.1, -0.05) is 19.3 Å². The Morgan fingerprint density at radius 1 is 1.33 bits per heavy atom. The zero-order chi connectivity index (χ0) is 15.4. The van der Waals surface area contributed by atoms with Crippen LogP contribution in [0.2, 0.25) is 0 Å². The summed E-state index contributed by atoms with van der Waals surface area (Å²) >= 11 is 1.10. The van der Waals surface area contributed by atoms with E-state index in [1.807, 2.05) is 0 Å². The fraction of sp³-hybridized carbons (Fsp3) is 0.643. The summed E-state index contributed by atoms with van der Waals surface area (Å²) in [7, 11) is 3.12. The number of ether oxygens (including phenoxy) is 1. The molecule has 116 valence electrons. The van der Waals surface area contributed by atoms with Gasteiger partial charge in [0.25, 0.3) is 0 Å². The first-order valence-electron chi connectivity index (χ1n) is 7.13. The fourth-order valence-corrected chi connectivity index (χ4v) is 3.39. The number of hydrogen-bond donors (Lipinski definition) is 1. The van der Waals surface area contributed by atoms with Gasteiger partial charge in [-0.3, -0.25) is 5.32 Å². The second-order valence-electron chi connectivity index (χ2n) is 5.30. The molecule has 1 N–H and O–H groups in total. The second-order valence-corrected chi connectivity index (χ2v) is 6.07. The van der Waals surface area contributed by atoms with Crippen molar-refractivity contribution in [3.05, 3.63) is 11.3 Å². The van der Waals surface area contributed by atoms with Crippen LogP contribution in [0.25, 0.3) is 0 Å². The van der Waals surface area contributed by atoms with E-state index in [2.05, 4.69) is 9.69 Å². The van der Waals surface area contributed by atoms with E-state index < -0.39 is 5.97 Å². The molecule has 0 aliphatic heterocycles. The molecule has 0 saturated heterocycles. The van der Waals surface area contributed by atoms with E-state index in [1.165, 1.54) is 13.5 Å². The van der Waals surface area contributed by atoms with Crippen LogP contribution in [0.15, 0.2) is 0 Å². The predicted octanol–water partition coefficient (Wildman–Crippen LogP) is 3.03. The molecule has 0 unspecified atom stereocenters. The molecule has 1 aliphatic rings. The number of carbonyl (C=O) groups is 2. The highest BCUT2D eigenvalue weighted by molar-refractivity contribution is 7.11. The summed E-state index contributed by atoms with van der Waals surface area (Å²) in [5, 5.41) is 3.24. The fourth-order valence-electron chi connectivity index (χ4n) is 2.62. The molecule has 0 radical (unpaired) electrons. The Morgan fingerprint density at radius 2 is 2.00 bits per heavy atom. The van der Waals surface area contributed by atoms with E-state index in [0.29, 0.717) is 16.3 Å². The topological polar surface area (TPSA) is 71.5 Å². The maximum atomic E-state index is 12.3. The molecule has 7 heteroatoms. The minimum atomic E-state index is -0.475. The largest absolute Gasteiger partial charge is 0.465 e. The summed E-state index contributed by atoms with van der Waals surface area (Å²) in [6.45, 7) is 1.73. The van der Waals surface area contributed by atoms with Crippen molar-refractivity contribution in [1.29, 1.82) is 0 Å². The lowest BCUT2D eigenvalue weighted by Gasteiger charge is -2.31. The third kappa shape index (κ3) is 3.53. The molecule has 1 aromatic rings. The zero-order valence-corrected chi connectivity index (χ0v) is 13.5. The smallest absolute Gasteiger partial charge is 0.342 e. The van der Waals surface area contributed by atoms with Gasteiger partial charge in [0.05, 0.1) is 12.8 Å². The molecule has 2 rings (SSSR count). The molecule has 6 nitrogen and oxygen atoms in total. The average molecular weight is 311 g/mol. The Morgan fingerprint density at radius 3 is 2.62 bits per heavy atom. The molecule has 0 atom stereocenters. The minimum absolute atomic E-state index is 0.198. The molecule has 0 aromatic carbocycles. The van der Waals surface area contributed by atoms with Crippen molar-refractivity contribution < 1.29 is 14.3 Å². The normalized spacial score (nSPS) is 15.6. The number of nitrogens with one attached hydrogen (secondary N) is 1. The number of esters is 1. The number of hydrogen-bond acceptors (Lipinski definition) is 5. The van der Waals surface area contributed by atoms with E-state index >= 15 is 0 Å². The summed E-state index contributed by atoms with van der Waals surface area (Å²) in [4.78, 5) is 25.8. The molecule has 0 bridgehead atoms. The van der Waals surface area contributed by atoms with Gasteiger partial charge in [-0.2, -0.15) is 4.37 Å². The van der Waals surface area contributed by atoms with Crippen molar-refractivity contribution in [1.82, 2.24) is 9.27 Å². The number of amides is 2. The van der Waals surface area contributed by atoms with E-state index in [4.69, 9.17) is 4.74 Å². The lowest BCUT2D eigenvalue weighted by molar-refractivity contribution is 0.0601. The lowest BCUT2D eigenvalue weighted by Crippen LogP contribution is -2.40. The summed E-state index contributed by atoms with van der Waals surface area (Å²) in [5.41, 5.74) is 0.912. The number of aromatic nitrogens is 1. The molecule has 2 amide bonds. The number of rotatable bonds is 3. The molecule has 1 aromatic heterocycles. The summed E-state index contributed by atoms with van der Waals surface area (Å²) in [5.74, 6) is -0.475. The monoisotopic (exact) mass is 311 g/mol. The standard InChI is InChI=1S/C14H21N3O3S/c1-9-11(13(18)20-3)12(21-16-9)15-14(19)17(2)10-7-5-4-6-8-10/h10H,4-8H2,1-3H3,(H,15,19). The minimum Gasteiger partial charge on any atom is -0.465 e. The number of aryl methyl sites for hydroxylation is 1. The van der Waals surface area contributed by atoms with Crippen LogP contribution in [0.4, 0.5) is 9.80 Å². The van der Waals surface area contributed by atoms with Crippen LogP contribution in [-0.4, -0.2) is 41.5 Å². The van der Waals surface area contributed by atoms with E-state index in [9.17, 15) is 9.59 Å². The van der Waals surface area contributed by atoms with Gasteiger partial charge in [0.15, 0.2) is 0 Å². The van der Waals surface area contributed by atoms with Gasteiger partial charge in [-0.25, -0.2) is 9.59 Å². The van der Waals surface area contributed by atoms with Crippen LogP contribution >= 0.6 is 11.5 Å². The summed E-state index contributed by atoms with van der Waals surface area (Å²) in [6.07, 6.45) is 5.64. The van der Waals surface area contributed by atoms with Crippen LogP contribution in [0.3, 0.4) is 0 Å². The van der Waals surface area contributed by atoms with Crippen LogP contribution < -0.4 is 5.32 Å². The van der Waals surface area contributed by atoms with Crippen LogP contribution in [0, 0.1) is 6.92 Å². The summed E-state index contributed by atoms with van der Waals surface area (Å²) in [6, 6.07) is 0.0741. The van der Waals surface area contributed by atoms with Gasteiger partial charge < -0.3 is 9.64 Å². The van der Waals surface area contributed by atoms with Gasteiger partial charge in [0.2, 0.25) is 0 Å². The van der Waals surface area contributed by atoms with E-state index in [1.54, 1.807) is 18.9 Å². The maximum absolute atomic E-state index is 12.3. The van der Waals surface area contributed by atoms with Crippen LogP contribution in [0.5, 0.6) is 0 Å². The second kappa shape index (κ2) is 6.89. The average Bonchev–Trinajstić information content (AvgIpc) is 2.87. The van der Waals surface area contributed by atoms with Gasteiger partial charge in [-0.05, 0) is 31.3 Å². The van der Waals surface area contributed by atoms with Crippen molar-refractivity contribution in [2.45, 2.75) is 45.1 Å². The number of carbonyl (C=O) groups excluding carboxylic acids is 2. The Bertz CT molecular complexity index is 524. The molecule has 0 spiro atoms.